The highest BCUT2D eigenvalue weighted by Crippen LogP contribution is 2.32. The SMILES string of the molecule is Cc1cc(Br)c(NC(=O)COC(=O)c2ccoc2)c(Br)c1. The minimum absolute atomic E-state index is 0.264. The minimum atomic E-state index is -0.610. The van der Waals surface area contributed by atoms with Crippen LogP contribution in [-0.2, 0) is 9.53 Å². The largest absolute Gasteiger partial charge is 0.472 e. The predicted molar refractivity (Wildman–Crippen MR) is 84.2 cm³/mol. The highest BCUT2D eigenvalue weighted by Gasteiger charge is 2.14. The Kier molecular flexibility index (Phi) is 5.19. The number of furan rings is 1. The average Bonchev–Trinajstić information content (AvgIpc) is 2.94. The number of amides is 1. The van der Waals surface area contributed by atoms with Crippen molar-refractivity contribution in [3.63, 3.8) is 0 Å². The molecule has 1 heterocycles. The van der Waals surface area contributed by atoms with Crippen molar-refractivity contribution >= 4 is 49.4 Å². The molecule has 110 valence electrons. The molecule has 0 bridgehead atoms. The lowest BCUT2D eigenvalue weighted by Crippen LogP contribution is -2.21. The van der Waals surface area contributed by atoms with Crippen LogP contribution in [0.3, 0.4) is 0 Å². The highest BCUT2D eigenvalue weighted by atomic mass is 79.9. The zero-order valence-electron chi connectivity index (χ0n) is 11.0. The fourth-order valence-electron chi connectivity index (χ4n) is 1.59. The quantitative estimate of drug-likeness (QED) is 0.767. The first-order chi connectivity index (χ1) is 9.97. The second-order valence-electron chi connectivity index (χ2n) is 4.24. The molecule has 0 radical (unpaired) electrons. The van der Waals surface area contributed by atoms with E-state index >= 15 is 0 Å². The Morgan fingerprint density at radius 3 is 2.52 bits per heavy atom. The molecule has 0 aliphatic rings. The Balaban J connectivity index is 1.95. The molecule has 0 saturated heterocycles. The summed E-state index contributed by atoms with van der Waals surface area (Å²) in [6.07, 6.45) is 2.62. The van der Waals surface area contributed by atoms with Crippen LogP contribution in [-0.4, -0.2) is 18.5 Å². The minimum Gasteiger partial charge on any atom is -0.472 e. The zero-order valence-corrected chi connectivity index (χ0v) is 14.2. The van der Waals surface area contributed by atoms with Crippen LogP contribution in [0.15, 0.2) is 44.1 Å². The standard InChI is InChI=1S/C14H11Br2NO4/c1-8-4-10(15)13(11(16)5-8)17-12(18)7-21-14(19)9-2-3-20-6-9/h2-6H,7H2,1H3,(H,17,18). The van der Waals surface area contributed by atoms with Crippen molar-refractivity contribution < 1.29 is 18.7 Å². The van der Waals surface area contributed by atoms with E-state index in [0.29, 0.717) is 5.69 Å². The van der Waals surface area contributed by atoms with Gasteiger partial charge in [-0.05, 0) is 62.5 Å². The first-order valence-corrected chi connectivity index (χ1v) is 7.51. The van der Waals surface area contributed by atoms with Crippen molar-refractivity contribution in [1.82, 2.24) is 0 Å². The summed E-state index contributed by atoms with van der Waals surface area (Å²) >= 11 is 6.75. The van der Waals surface area contributed by atoms with Gasteiger partial charge in [-0.2, -0.15) is 0 Å². The Morgan fingerprint density at radius 2 is 1.95 bits per heavy atom. The van der Waals surface area contributed by atoms with Crippen molar-refractivity contribution in [2.24, 2.45) is 0 Å². The monoisotopic (exact) mass is 415 g/mol. The van der Waals surface area contributed by atoms with Crippen LogP contribution in [0.4, 0.5) is 5.69 Å². The number of anilines is 1. The lowest BCUT2D eigenvalue weighted by molar-refractivity contribution is -0.119. The highest BCUT2D eigenvalue weighted by molar-refractivity contribution is 9.11. The molecule has 0 atom stereocenters. The van der Waals surface area contributed by atoms with E-state index in [4.69, 9.17) is 9.15 Å². The summed E-state index contributed by atoms with van der Waals surface area (Å²) in [5.74, 6) is -1.04. The molecule has 0 spiro atoms. The van der Waals surface area contributed by atoms with Crippen LogP contribution in [0.2, 0.25) is 0 Å². The van der Waals surface area contributed by atoms with Crippen molar-refractivity contribution in [3.05, 3.63) is 50.8 Å². The number of carbonyl (C=O) groups excluding carboxylic acids is 2. The van der Waals surface area contributed by atoms with E-state index in [9.17, 15) is 9.59 Å². The van der Waals surface area contributed by atoms with Crippen molar-refractivity contribution in [1.29, 1.82) is 0 Å². The first kappa shape index (κ1) is 15.8. The Labute approximate surface area is 137 Å². The zero-order chi connectivity index (χ0) is 15.4. The van der Waals surface area contributed by atoms with Gasteiger partial charge < -0.3 is 14.5 Å². The van der Waals surface area contributed by atoms with Crippen LogP contribution in [0.5, 0.6) is 0 Å². The summed E-state index contributed by atoms with van der Waals surface area (Å²) in [6, 6.07) is 5.21. The fourth-order valence-corrected chi connectivity index (χ4v) is 3.20. The lowest BCUT2D eigenvalue weighted by atomic mass is 10.2. The van der Waals surface area contributed by atoms with Crippen LogP contribution in [0.25, 0.3) is 0 Å². The first-order valence-electron chi connectivity index (χ1n) is 5.92. The number of hydrogen-bond donors (Lipinski definition) is 1. The summed E-state index contributed by atoms with van der Waals surface area (Å²) in [5, 5.41) is 2.67. The maximum atomic E-state index is 11.8. The fraction of sp³-hybridized carbons (Fsp3) is 0.143. The molecule has 2 aromatic rings. The molecule has 21 heavy (non-hydrogen) atoms. The van der Waals surface area contributed by atoms with E-state index < -0.39 is 11.9 Å². The molecule has 0 aliphatic carbocycles. The predicted octanol–water partition coefficient (Wildman–Crippen LogP) is 3.91. The van der Waals surface area contributed by atoms with Gasteiger partial charge in [-0.3, -0.25) is 4.79 Å². The molecule has 1 N–H and O–H groups in total. The molecule has 2 rings (SSSR count). The smallest absolute Gasteiger partial charge is 0.341 e. The third kappa shape index (κ3) is 4.18. The number of esters is 1. The van der Waals surface area contributed by atoms with E-state index in [-0.39, 0.29) is 12.2 Å². The van der Waals surface area contributed by atoms with E-state index in [2.05, 4.69) is 37.2 Å². The second kappa shape index (κ2) is 6.91. The number of halogens is 2. The Hall–Kier alpha value is -1.60. The Bertz CT molecular complexity index is 645. The molecule has 0 fully saturated rings. The number of nitrogens with one attached hydrogen (secondary N) is 1. The number of aryl methyl sites for hydroxylation is 1. The summed E-state index contributed by atoms with van der Waals surface area (Å²) in [5.41, 5.74) is 1.89. The van der Waals surface area contributed by atoms with Gasteiger partial charge in [0.2, 0.25) is 0 Å². The van der Waals surface area contributed by atoms with Crippen LogP contribution >= 0.6 is 31.9 Å². The molecule has 7 heteroatoms. The lowest BCUT2D eigenvalue weighted by Gasteiger charge is -2.10. The molecular formula is C14H11Br2NO4. The van der Waals surface area contributed by atoms with Gasteiger partial charge in [0.25, 0.3) is 5.91 Å². The number of benzene rings is 1. The molecule has 1 aromatic carbocycles. The van der Waals surface area contributed by atoms with Crippen LogP contribution in [0.1, 0.15) is 15.9 Å². The van der Waals surface area contributed by atoms with Gasteiger partial charge in [0, 0.05) is 8.95 Å². The molecule has 1 aromatic heterocycles. The van der Waals surface area contributed by atoms with Gasteiger partial charge >= 0.3 is 5.97 Å². The number of ether oxygens (including phenoxy) is 1. The van der Waals surface area contributed by atoms with E-state index in [0.717, 1.165) is 14.5 Å². The second-order valence-corrected chi connectivity index (χ2v) is 5.95. The third-order valence-corrected chi connectivity index (χ3v) is 3.79. The van der Waals surface area contributed by atoms with Gasteiger partial charge in [0.05, 0.1) is 17.5 Å². The normalized spacial score (nSPS) is 10.2. The molecule has 0 saturated carbocycles. The van der Waals surface area contributed by atoms with Crippen LogP contribution < -0.4 is 5.32 Å². The van der Waals surface area contributed by atoms with Gasteiger partial charge in [0.15, 0.2) is 6.61 Å². The van der Waals surface area contributed by atoms with Crippen molar-refractivity contribution in [2.75, 3.05) is 11.9 Å². The van der Waals surface area contributed by atoms with Gasteiger partial charge in [-0.25, -0.2) is 4.79 Å². The van der Waals surface area contributed by atoms with Gasteiger partial charge in [-0.15, -0.1) is 0 Å². The molecule has 5 nitrogen and oxygen atoms in total. The topological polar surface area (TPSA) is 68.5 Å². The maximum Gasteiger partial charge on any atom is 0.341 e. The summed E-state index contributed by atoms with van der Waals surface area (Å²) in [7, 11) is 0. The van der Waals surface area contributed by atoms with Gasteiger partial charge in [-0.1, -0.05) is 0 Å². The summed E-state index contributed by atoms with van der Waals surface area (Å²) < 4.78 is 11.1. The molecule has 0 unspecified atom stereocenters. The van der Waals surface area contributed by atoms with Gasteiger partial charge in [0.1, 0.15) is 6.26 Å². The summed E-state index contributed by atoms with van der Waals surface area (Å²) in [6.45, 7) is 1.56. The average molecular weight is 417 g/mol. The van der Waals surface area contributed by atoms with Crippen molar-refractivity contribution in [2.45, 2.75) is 6.92 Å². The number of carbonyl (C=O) groups is 2. The van der Waals surface area contributed by atoms with Crippen molar-refractivity contribution in [3.8, 4) is 0 Å². The Morgan fingerprint density at radius 1 is 1.29 bits per heavy atom. The molecular weight excluding hydrogens is 406 g/mol. The van der Waals surface area contributed by atoms with Crippen LogP contribution in [0, 0.1) is 6.92 Å². The number of rotatable bonds is 4. The van der Waals surface area contributed by atoms with E-state index in [1.54, 1.807) is 0 Å². The summed E-state index contributed by atoms with van der Waals surface area (Å²) in [4.78, 5) is 23.4. The maximum absolute atomic E-state index is 11.8. The third-order valence-electron chi connectivity index (χ3n) is 2.54. The van der Waals surface area contributed by atoms with E-state index in [1.165, 1.54) is 18.6 Å². The number of hydrogen-bond acceptors (Lipinski definition) is 4. The van der Waals surface area contributed by atoms with E-state index in [1.807, 2.05) is 19.1 Å². The molecule has 0 aliphatic heterocycles. The molecule has 1 amide bonds.